The summed E-state index contributed by atoms with van der Waals surface area (Å²) in [7, 11) is -1.59. The Labute approximate surface area is 144 Å². The molecular weight excluding hydrogens is 328 g/mol. The Morgan fingerprint density at radius 3 is 2.46 bits per heavy atom. The lowest BCUT2D eigenvalue weighted by Gasteiger charge is -2.23. The number of carbonyl (C=O) groups excluding carboxylic acids is 1. The van der Waals surface area contributed by atoms with Gasteiger partial charge in [0.05, 0.1) is 12.9 Å². The van der Waals surface area contributed by atoms with E-state index in [9.17, 15) is 13.2 Å². The van der Waals surface area contributed by atoms with Crippen molar-refractivity contribution in [2.24, 2.45) is 0 Å². The number of carbonyl (C=O) groups is 1. The Morgan fingerprint density at radius 2 is 1.83 bits per heavy atom. The van der Waals surface area contributed by atoms with Crippen molar-refractivity contribution in [2.75, 3.05) is 39.0 Å². The molecule has 1 fully saturated rings. The highest BCUT2D eigenvalue weighted by Crippen LogP contribution is 2.25. The molecule has 0 N–H and O–H groups in total. The number of methoxy groups -OCH3 is 1. The minimum absolute atomic E-state index is 0.0472. The van der Waals surface area contributed by atoms with Gasteiger partial charge in [0.2, 0.25) is 10.0 Å². The van der Waals surface area contributed by atoms with Crippen LogP contribution in [0.2, 0.25) is 0 Å². The van der Waals surface area contributed by atoms with E-state index in [1.165, 1.54) is 4.31 Å². The second kappa shape index (κ2) is 7.53. The van der Waals surface area contributed by atoms with Gasteiger partial charge in [-0.1, -0.05) is 0 Å². The minimum Gasteiger partial charge on any atom is -0.496 e. The van der Waals surface area contributed by atoms with Crippen molar-refractivity contribution in [3.63, 3.8) is 0 Å². The lowest BCUT2D eigenvalue weighted by Crippen LogP contribution is -2.38. The van der Waals surface area contributed by atoms with Crippen molar-refractivity contribution < 1.29 is 17.9 Å². The first-order chi connectivity index (χ1) is 11.3. The largest absolute Gasteiger partial charge is 0.496 e. The van der Waals surface area contributed by atoms with Crippen molar-refractivity contribution in [3.8, 4) is 5.75 Å². The molecule has 0 aromatic heterocycles. The number of rotatable bonds is 4. The van der Waals surface area contributed by atoms with Gasteiger partial charge in [0.15, 0.2) is 0 Å². The van der Waals surface area contributed by atoms with E-state index in [1.54, 1.807) is 31.1 Å². The maximum atomic E-state index is 12.9. The predicted molar refractivity (Wildman–Crippen MR) is 94.0 cm³/mol. The van der Waals surface area contributed by atoms with Crippen LogP contribution in [0.3, 0.4) is 0 Å². The maximum absolute atomic E-state index is 12.9. The Kier molecular flexibility index (Phi) is 5.87. The first-order valence-electron chi connectivity index (χ1n) is 8.23. The summed E-state index contributed by atoms with van der Waals surface area (Å²) in [6.45, 7) is 7.31. The van der Waals surface area contributed by atoms with Crippen LogP contribution in [0.1, 0.15) is 34.8 Å². The minimum atomic E-state index is -3.20. The van der Waals surface area contributed by atoms with E-state index < -0.39 is 10.0 Å². The summed E-state index contributed by atoms with van der Waals surface area (Å²) in [5.74, 6) is 0.812. The van der Waals surface area contributed by atoms with Crippen LogP contribution in [0.4, 0.5) is 0 Å². The zero-order valence-electron chi connectivity index (χ0n) is 14.8. The average molecular weight is 354 g/mol. The molecule has 1 aliphatic heterocycles. The number of ether oxygens (including phenoxy) is 1. The third-order valence-corrected chi connectivity index (χ3v) is 6.57. The topological polar surface area (TPSA) is 66.9 Å². The van der Waals surface area contributed by atoms with Crippen molar-refractivity contribution >= 4 is 15.9 Å². The zero-order chi connectivity index (χ0) is 17.9. The Hall–Kier alpha value is -1.60. The normalized spacial score (nSPS) is 16.8. The number of benzene rings is 1. The van der Waals surface area contributed by atoms with Gasteiger partial charge in [-0.3, -0.25) is 4.79 Å². The molecule has 1 amide bonds. The number of hydrogen-bond donors (Lipinski definition) is 0. The first-order valence-corrected chi connectivity index (χ1v) is 9.84. The average Bonchev–Trinajstić information content (AvgIpc) is 2.83. The van der Waals surface area contributed by atoms with Gasteiger partial charge in [0.25, 0.3) is 5.91 Å². The van der Waals surface area contributed by atoms with Crippen molar-refractivity contribution in [3.05, 3.63) is 28.8 Å². The molecule has 1 aromatic rings. The molecule has 1 heterocycles. The molecule has 0 aliphatic carbocycles. The summed E-state index contributed by atoms with van der Waals surface area (Å²) < 4.78 is 30.8. The molecule has 2 rings (SSSR count). The molecule has 0 bridgehead atoms. The molecule has 1 aliphatic rings. The third kappa shape index (κ3) is 3.72. The van der Waals surface area contributed by atoms with E-state index in [1.807, 2.05) is 13.8 Å². The van der Waals surface area contributed by atoms with Gasteiger partial charge in [-0.25, -0.2) is 12.7 Å². The van der Waals surface area contributed by atoms with Crippen LogP contribution in [-0.2, 0) is 10.0 Å². The van der Waals surface area contributed by atoms with Crippen molar-refractivity contribution in [1.82, 2.24) is 9.21 Å². The van der Waals surface area contributed by atoms with E-state index in [0.29, 0.717) is 38.2 Å². The van der Waals surface area contributed by atoms with Crippen molar-refractivity contribution in [2.45, 2.75) is 27.2 Å². The fourth-order valence-electron chi connectivity index (χ4n) is 2.98. The monoisotopic (exact) mass is 354 g/mol. The smallest absolute Gasteiger partial charge is 0.254 e. The van der Waals surface area contributed by atoms with Crippen LogP contribution in [0.15, 0.2) is 12.1 Å². The lowest BCUT2D eigenvalue weighted by molar-refractivity contribution is 0.0763. The molecule has 0 saturated carbocycles. The number of amides is 1. The van der Waals surface area contributed by atoms with Gasteiger partial charge in [0, 0.05) is 31.7 Å². The molecule has 1 aromatic carbocycles. The third-order valence-electron chi connectivity index (χ3n) is 4.69. The maximum Gasteiger partial charge on any atom is 0.254 e. The molecule has 24 heavy (non-hydrogen) atoms. The number of hydrogen-bond acceptors (Lipinski definition) is 4. The van der Waals surface area contributed by atoms with E-state index in [0.717, 1.165) is 16.9 Å². The molecule has 0 atom stereocenters. The molecule has 0 unspecified atom stereocenters. The van der Waals surface area contributed by atoms with Crippen molar-refractivity contribution in [1.29, 1.82) is 0 Å². The van der Waals surface area contributed by atoms with Crippen LogP contribution in [0.5, 0.6) is 5.75 Å². The fourth-order valence-corrected chi connectivity index (χ4v) is 4.11. The summed E-state index contributed by atoms with van der Waals surface area (Å²) in [5, 5.41) is 0. The van der Waals surface area contributed by atoms with Crippen LogP contribution in [-0.4, -0.2) is 62.6 Å². The molecule has 0 radical (unpaired) electrons. The molecule has 1 saturated heterocycles. The summed E-state index contributed by atoms with van der Waals surface area (Å²) >= 11 is 0. The Morgan fingerprint density at radius 1 is 1.12 bits per heavy atom. The van der Waals surface area contributed by atoms with Crippen LogP contribution in [0.25, 0.3) is 0 Å². The van der Waals surface area contributed by atoms with Gasteiger partial charge in [-0.05, 0) is 50.5 Å². The van der Waals surface area contributed by atoms with E-state index in [-0.39, 0.29) is 11.7 Å². The standard InChI is InChI=1S/C17H26N2O4S/c1-5-24(21,22)19-10-6-9-18(11-12-19)17(20)15-7-8-16(23-4)14(3)13(15)2/h7-8H,5-6,9-12H2,1-4H3. The summed E-state index contributed by atoms with van der Waals surface area (Å²) in [6.07, 6.45) is 0.652. The number of sulfonamides is 1. The fraction of sp³-hybridized carbons (Fsp3) is 0.588. The Balaban J connectivity index is 2.18. The summed E-state index contributed by atoms with van der Waals surface area (Å²) in [6, 6.07) is 3.59. The zero-order valence-corrected chi connectivity index (χ0v) is 15.6. The summed E-state index contributed by atoms with van der Waals surface area (Å²) in [4.78, 5) is 14.6. The quantitative estimate of drug-likeness (QED) is 0.827. The summed E-state index contributed by atoms with van der Waals surface area (Å²) in [5.41, 5.74) is 2.51. The first kappa shape index (κ1) is 18.7. The molecule has 6 nitrogen and oxygen atoms in total. The van der Waals surface area contributed by atoms with Gasteiger partial charge in [-0.15, -0.1) is 0 Å². The molecular formula is C17H26N2O4S. The number of nitrogens with zero attached hydrogens (tertiary/aromatic N) is 2. The van der Waals surface area contributed by atoms with E-state index >= 15 is 0 Å². The van der Waals surface area contributed by atoms with Crippen LogP contribution in [0, 0.1) is 13.8 Å². The van der Waals surface area contributed by atoms with Gasteiger partial charge in [-0.2, -0.15) is 0 Å². The van der Waals surface area contributed by atoms with Gasteiger partial charge >= 0.3 is 0 Å². The molecule has 7 heteroatoms. The SMILES string of the molecule is CCS(=O)(=O)N1CCCN(C(=O)c2ccc(OC)c(C)c2C)CC1. The van der Waals surface area contributed by atoms with Gasteiger partial charge in [0.1, 0.15) is 5.75 Å². The van der Waals surface area contributed by atoms with E-state index in [2.05, 4.69) is 0 Å². The lowest BCUT2D eigenvalue weighted by atomic mass is 10.0. The Bertz CT molecular complexity index is 716. The van der Waals surface area contributed by atoms with Crippen LogP contribution >= 0.6 is 0 Å². The second-order valence-electron chi connectivity index (χ2n) is 6.01. The molecule has 134 valence electrons. The highest BCUT2D eigenvalue weighted by Gasteiger charge is 2.26. The molecule has 0 spiro atoms. The van der Waals surface area contributed by atoms with Crippen LogP contribution < -0.4 is 4.74 Å². The predicted octanol–water partition coefficient (Wildman–Crippen LogP) is 1.81. The second-order valence-corrected chi connectivity index (χ2v) is 8.27. The highest BCUT2D eigenvalue weighted by molar-refractivity contribution is 7.89. The highest BCUT2D eigenvalue weighted by atomic mass is 32.2. The van der Waals surface area contributed by atoms with Gasteiger partial charge < -0.3 is 9.64 Å². The van der Waals surface area contributed by atoms with E-state index in [4.69, 9.17) is 4.74 Å².